The van der Waals surface area contributed by atoms with E-state index in [2.05, 4.69) is 10.3 Å². The van der Waals surface area contributed by atoms with Crippen molar-refractivity contribution in [2.75, 3.05) is 6.54 Å². The molecule has 2 aromatic rings. The lowest BCUT2D eigenvalue weighted by atomic mass is 10.1. The third-order valence-electron chi connectivity index (χ3n) is 4.44. The molecule has 0 unspecified atom stereocenters. The Hall–Kier alpha value is -2.63. The molecule has 1 aliphatic heterocycles. The highest BCUT2D eigenvalue weighted by molar-refractivity contribution is 5.92. The fraction of sp³-hybridized carbons (Fsp3) is 0.421. The van der Waals surface area contributed by atoms with Crippen molar-refractivity contribution in [3.05, 3.63) is 52.7 Å². The number of rotatable bonds is 6. The van der Waals surface area contributed by atoms with Crippen molar-refractivity contribution in [3.63, 3.8) is 0 Å². The molecule has 2 heterocycles. The Kier molecular flexibility index (Phi) is 5.16. The Labute approximate surface area is 147 Å². The van der Waals surface area contributed by atoms with Gasteiger partial charge in [-0.25, -0.2) is 4.98 Å². The molecule has 132 valence electrons. The Morgan fingerprint density at radius 2 is 2.08 bits per heavy atom. The fourth-order valence-corrected chi connectivity index (χ4v) is 3.03. The van der Waals surface area contributed by atoms with E-state index >= 15 is 0 Å². The van der Waals surface area contributed by atoms with Crippen LogP contribution in [0.5, 0.6) is 0 Å². The third kappa shape index (κ3) is 3.90. The minimum absolute atomic E-state index is 0.197. The van der Waals surface area contributed by atoms with Gasteiger partial charge in [-0.3, -0.25) is 9.59 Å². The number of hydrogen-bond acceptors (Lipinski definition) is 4. The van der Waals surface area contributed by atoms with Crippen LogP contribution in [0.25, 0.3) is 0 Å². The molecule has 25 heavy (non-hydrogen) atoms. The molecule has 1 aromatic heterocycles. The number of hydrogen-bond donors (Lipinski definition) is 1. The second kappa shape index (κ2) is 7.51. The van der Waals surface area contributed by atoms with Crippen LogP contribution in [0.2, 0.25) is 0 Å². The van der Waals surface area contributed by atoms with Gasteiger partial charge in [0, 0.05) is 32.5 Å². The van der Waals surface area contributed by atoms with Crippen molar-refractivity contribution < 1.29 is 14.0 Å². The summed E-state index contributed by atoms with van der Waals surface area (Å²) < 4.78 is 5.49. The molecule has 0 radical (unpaired) electrons. The van der Waals surface area contributed by atoms with Crippen molar-refractivity contribution in [1.29, 1.82) is 0 Å². The lowest BCUT2D eigenvalue weighted by molar-refractivity contribution is -0.128. The summed E-state index contributed by atoms with van der Waals surface area (Å²) in [5.74, 6) is 0.764. The average Bonchev–Trinajstić information content (AvgIpc) is 3.19. The molecule has 3 rings (SSSR count). The van der Waals surface area contributed by atoms with Gasteiger partial charge in [0.15, 0.2) is 5.89 Å². The summed E-state index contributed by atoms with van der Waals surface area (Å²) in [4.78, 5) is 30.3. The van der Waals surface area contributed by atoms with Crippen LogP contribution in [-0.2, 0) is 24.3 Å². The van der Waals surface area contributed by atoms with Crippen molar-refractivity contribution >= 4 is 11.8 Å². The van der Waals surface area contributed by atoms with Gasteiger partial charge in [-0.05, 0) is 24.5 Å². The molecule has 0 atom stereocenters. The summed E-state index contributed by atoms with van der Waals surface area (Å²) in [6.45, 7) is 5.48. The molecule has 2 amide bonds. The highest BCUT2D eigenvalue weighted by atomic mass is 16.4. The smallest absolute Gasteiger partial charge is 0.289 e. The molecule has 0 spiro atoms. The average molecular weight is 341 g/mol. The zero-order valence-electron chi connectivity index (χ0n) is 14.7. The van der Waals surface area contributed by atoms with E-state index in [9.17, 15) is 9.59 Å². The molecule has 1 aromatic carbocycles. The first kappa shape index (κ1) is 17.2. The number of likely N-dealkylation sites (tertiary alicyclic amines) is 1. The summed E-state index contributed by atoms with van der Waals surface area (Å²) in [6, 6.07) is 7.86. The molecular weight excluding hydrogens is 318 g/mol. The first-order valence-corrected chi connectivity index (χ1v) is 8.67. The zero-order chi connectivity index (χ0) is 17.8. The number of aromatic nitrogens is 1. The van der Waals surface area contributed by atoms with Crippen molar-refractivity contribution in [2.24, 2.45) is 0 Å². The lowest BCUT2D eigenvalue weighted by Crippen LogP contribution is -2.27. The molecule has 0 bridgehead atoms. The number of nitrogens with one attached hydrogen (secondary N) is 1. The van der Waals surface area contributed by atoms with E-state index in [-0.39, 0.29) is 17.6 Å². The van der Waals surface area contributed by atoms with Gasteiger partial charge in [0.25, 0.3) is 5.91 Å². The van der Waals surface area contributed by atoms with Crippen LogP contribution in [0.15, 0.2) is 28.7 Å². The molecular formula is C19H23N3O3. The topological polar surface area (TPSA) is 75.4 Å². The summed E-state index contributed by atoms with van der Waals surface area (Å²) in [5, 5.41) is 2.89. The van der Waals surface area contributed by atoms with E-state index in [0.717, 1.165) is 24.1 Å². The van der Waals surface area contributed by atoms with Crippen LogP contribution in [0.3, 0.4) is 0 Å². The summed E-state index contributed by atoms with van der Waals surface area (Å²) >= 11 is 0. The second-order valence-corrected chi connectivity index (χ2v) is 6.25. The van der Waals surface area contributed by atoms with Gasteiger partial charge in [0.2, 0.25) is 11.7 Å². The molecule has 1 N–H and O–H groups in total. The largest absolute Gasteiger partial charge is 0.435 e. The molecule has 1 saturated heterocycles. The minimum Gasteiger partial charge on any atom is -0.435 e. The third-order valence-corrected chi connectivity index (χ3v) is 4.44. The molecule has 6 nitrogen and oxygen atoms in total. The number of amides is 2. The predicted octanol–water partition coefficient (Wildman–Crippen LogP) is 2.60. The number of carbonyl (C=O) groups excluding carboxylic acids is 2. The van der Waals surface area contributed by atoms with Gasteiger partial charge in [-0.1, -0.05) is 31.2 Å². The van der Waals surface area contributed by atoms with Gasteiger partial charge in [-0.2, -0.15) is 0 Å². The van der Waals surface area contributed by atoms with E-state index in [1.54, 1.807) is 6.92 Å². The molecule has 0 saturated carbocycles. The van der Waals surface area contributed by atoms with E-state index in [4.69, 9.17) is 4.42 Å². The van der Waals surface area contributed by atoms with E-state index < -0.39 is 0 Å². The summed E-state index contributed by atoms with van der Waals surface area (Å²) in [6.07, 6.45) is 2.20. The Bertz CT molecular complexity index is 782. The minimum atomic E-state index is -0.267. The van der Waals surface area contributed by atoms with Crippen molar-refractivity contribution in [2.45, 2.75) is 46.2 Å². The number of nitrogens with zero attached hydrogens (tertiary/aromatic N) is 2. The summed E-state index contributed by atoms with van der Waals surface area (Å²) in [7, 11) is 0. The van der Waals surface area contributed by atoms with Gasteiger partial charge < -0.3 is 14.6 Å². The quantitative estimate of drug-likeness (QED) is 0.876. The predicted molar refractivity (Wildman–Crippen MR) is 92.9 cm³/mol. The van der Waals surface area contributed by atoms with Gasteiger partial charge in [0.1, 0.15) is 0 Å². The van der Waals surface area contributed by atoms with Crippen LogP contribution in [0.1, 0.15) is 53.0 Å². The number of oxazole rings is 1. The number of aryl methyl sites for hydroxylation is 2. The van der Waals surface area contributed by atoms with Crippen molar-refractivity contribution in [3.8, 4) is 0 Å². The second-order valence-electron chi connectivity index (χ2n) is 6.25. The van der Waals surface area contributed by atoms with Gasteiger partial charge in [0.05, 0.1) is 5.69 Å². The molecule has 6 heteroatoms. The maximum absolute atomic E-state index is 12.4. The monoisotopic (exact) mass is 341 g/mol. The van der Waals surface area contributed by atoms with E-state index in [1.165, 1.54) is 0 Å². The van der Waals surface area contributed by atoms with E-state index in [0.29, 0.717) is 37.5 Å². The first-order valence-electron chi connectivity index (χ1n) is 8.67. The fourth-order valence-electron chi connectivity index (χ4n) is 3.03. The van der Waals surface area contributed by atoms with E-state index in [1.807, 2.05) is 36.1 Å². The van der Waals surface area contributed by atoms with Crippen molar-refractivity contribution in [1.82, 2.24) is 15.2 Å². The van der Waals surface area contributed by atoms with Crippen LogP contribution in [0.4, 0.5) is 0 Å². The highest BCUT2D eigenvalue weighted by Gasteiger charge is 2.21. The van der Waals surface area contributed by atoms with Crippen LogP contribution < -0.4 is 5.32 Å². The zero-order valence-corrected chi connectivity index (χ0v) is 14.7. The Morgan fingerprint density at radius 1 is 1.32 bits per heavy atom. The highest BCUT2D eigenvalue weighted by Crippen LogP contribution is 2.17. The van der Waals surface area contributed by atoms with Gasteiger partial charge in [-0.15, -0.1) is 0 Å². The molecule has 1 fully saturated rings. The first-order chi connectivity index (χ1) is 12.1. The SMILES string of the molecule is CCc1nc(C)c(C(=O)NCc2ccccc2CN2CCCC2=O)o1. The maximum Gasteiger partial charge on any atom is 0.289 e. The number of benzene rings is 1. The normalized spacial score (nSPS) is 14.2. The summed E-state index contributed by atoms with van der Waals surface area (Å²) in [5.41, 5.74) is 2.66. The molecule has 0 aliphatic carbocycles. The van der Waals surface area contributed by atoms with Gasteiger partial charge >= 0.3 is 0 Å². The van der Waals surface area contributed by atoms with Crippen LogP contribution >= 0.6 is 0 Å². The Balaban J connectivity index is 1.67. The molecule has 1 aliphatic rings. The maximum atomic E-state index is 12.4. The number of carbonyl (C=O) groups is 2. The van der Waals surface area contributed by atoms with Crippen LogP contribution in [0, 0.1) is 6.92 Å². The van der Waals surface area contributed by atoms with Crippen LogP contribution in [-0.4, -0.2) is 28.2 Å². The lowest BCUT2D eigenvalue weighted by Gasteiger charge is -2.18. The standard InChI is InChI=1S/C19H23N3O3/c1-3-16-21-13(2)18(25-16)19(24)20-11-14-7-4-5-8-15(14)12-22-10-6-9-17(22)23/h4-5,7-8H,3,6,9-12H2,1-2H3,(H,20,24). The Morgan fingerprint density at radius 3 is 2.72 bits per heavy atom.